The lowest BCUT2D eigenvalue weighted by Crippen LogP contribution is -1.83. The third-order valence-electron chi connectivity index (χ3n) is 2.19. The second-order valence-electron chi connectivity index (χ2n) is 3.17. The van der Waals surface area contributed by atoms with Gasteiger partial charge in [0, 0.05) is 12.3 Å². The Balaban J connectivity index is 2.52. The van der Waals surface area contributed by atoms with E-state index in [4.69, 9.17) is 0 Å². The molecule has 0 unspecified atom stereocenters. The van der Waals surface area contributed by atoms with Crippen LogP contribution in [-0.4, -0.2) is 16.4 Å². The summed E-state index contributed by atoms with van der Waals surface area (Å²) >= 11 is 0. The van der Waals surface area contributed by atoms with Crippen LogP contribution in [0.15, 0.2) is 17.1 Å². The molecule has 1 aliphatic heterocycles. The largest absolute Gasteiger partial charge is 0.504 e. The van der Waals surface area contributed by atoms with Gasteiger partial charge in [-0.2, -0.15) is 0 Å². The van der Waals surface area contributed by atoms with Crippen molar-refractivity contribution >= 4 is 11.9 Å². The maximum absolute atomic E-state index is 9.27. The molecule has 2 N–H and O–H groups in total. The molecule has 0 atom stereocenters. The highest BCUT2D eigenvalue weighted by atomic mass is 16.3. The van der Waals surface area contributed by atoms with Crippen LogP contribution in [0.5, 0.6) is 11.5 Å². The van der Waals surface area contributed by atoms with Crippen LogP contribution in [0.3, 0.4) is 0 Å². The van der Waals surface area contributed by atoms with E-state index in [1.165, 1.54) is 6.07 Å². The predicted molar refractivity (Wildman–Crippen MR) is 50.9 cm³/mol. The van der Waals surface area contributed by atoms with E-state index in [1.807, 2.05) is 6.21 Å². The number of rotatable bonds is 0. The van der Waals surface area contributed by atoms with Crippen molar-refractivity contribution in [3.05, 3.63) is 17.7 Å². The van der Waals surface area contributed by atoms with E-state index in [0.29, 0.717) is 0 Å². The van der Waals surface area contributed by atoms with Crippen LogP contribution in [0.2, 0.25) is 0 Å². The van der Waals surface area contributed by atoms with Crippen LogP contribution in [0.25, 0.3) is 0 Å². The first-order chi connectivity index (χ1) is 6.27. The number of hydrogen-bond acceptors (Lipinski definition) is 3. The maximum atomic E-state index is 9.27. The molecule has 1 aromatic carbocycles. The average molecular weight is 177 g/mol. The zero-order valence-corrected chi connectivity index (χ0v) is 7.20. The summed E-state index contributed by atoms with van der Waals surface area (Å²) < 4.78 is 0. The summed E-state index contributed by atoms with van der Waals surface area (Å²) in [4.78, 5) is 4.19. The first-order valence-electron chi connectivity index (χ1n) is 4.35. The number of nitrogens with zero attached hydrogens (tertiary/aromatic N) is 1. The van der Waals surface area contributed by atoms with E-state index < -0.39 is 0 Å². The van der Waals surface area contributed by atoms with E-state index in [9.17, 15) is 10.2 Å². The van der Waals surface area contributed by atoms with Crippen LogP contribution in [0.4, 0.5) is 5.69 Å². The normalized spacial score (nSPS) is 15.1. The molecular weight excluding hydrogens is 166 g/mol. The number of phenols is 2. The molecule has 0 spiro atoms. The number of aryl methyl sites for hydroxylation is 1. The Morgan fingerprint density at radius 1 is 1.15 bits per heavy atom. The molecule has 0 aromatic heterocycles. The molecule has 0 saturated heterocycles. The van der Waals surface area contributed by atoms with Gasteiger partial charge in [-0.05, 0) is 30.9 Å². The molecule has 0 bridgehead atoms. The highest BCUT2D eigenvalue weighted by Gasteiger charge is 2.09. The van der Waals surface area contributed by atoms with Crippen LogP contribution in [0.1, 0.15) is 18.4 Å². The molecule has 0 saturated carbocycles. The molecule has 0 amide bonds. The molecule has 13 heavy (non-hydrogen) atoms. The molecule has 3 nitrogen and oxygen atoms in total. The van der Waals surface area contributed by atoms with Gasteiger partial charge in [0.1, 0.15) is 0 Å². The molecule has 2 rings (SSSR count). The lowest BCUT2D eigenvalue weighted by atomic mass is 10.1. The molecular formula is C10H11NO2. The molecule has 0 aliphatic carbocycles. The molecule has 68 valence electrons. The molecule has 0 fully saturated rings. The van der Waals surface area contributed by atoms with Gasteiger partial charge in [0.05, 0.1) is 5.69 Å². The number of benzene rings is 1. The monoisotopic (exact) mass is 177 g/mol. The van der Waals surface area contributed by atoms with Crippen molar-refractivity contribution < 1.29 is 10.2 Å². The lowest BCUT2D eigenvalue weighted by Gasteiger charge is -2.04. The number of aliphatic imine (C=N–C) groups is 1. The Morgan fingerprint density at radius 3 is 2.77 bits per heavy atom. The fraction of sp³-hybridized carbons (Fsp3) is 0.300. The van der Waals surface area contributed by atoms with Gasteiger partial charge < -0.3 is 10.2 Å². The molecule has 1 heterocycles. The Bertz CT molecular complexity index is 358. The van der Waals surface area contributed by atoms with Gasteiger partial charge >= 0.3 is 0 Å². The van der Waals surface area contributed by atoms with E-state index in [0.717, 1.165) is 30.5 Å². The summed E-state index contributed by atoms with van der Waals surface area (Å²) in [7, 11) is 0. The minimum Gasteiger partial charge on any atom is -0.504 e. The fourth-order valence-electron chi connectivity index (χ4n) is 1.48. The first kappa shape index (κ1) is 8.10. The third kappa shape index (κ3) is 1.49. The van der Waals surface area contributed by atoms with Crippen molar-refractivity contribution in [3.8, 4) is 11.5 Å². The highest BCUT2D eigenvalue weighted by molar-refractivity contribution is 5.68. The Kier molecular flexibility index (Phi) is 1.93. The van der Waals surface area contributed by atoms with Gasteiger partial charge in [-0.25, -0.2) is 0 Å². The first-order valence-corrected chi connectivity index (χ1v) is 4.35. The van der Waals surface area contributed by atoms with Crippen molar-refractivity contribution in [2.75, 3.05) is 0 Å². The van der Waals surface area contributed by atoms with E-state index in [1.54, 1.807) is 6.07 Å². The van der Waals surface area contributed by atoms with Crippen LogP contribution in [0, 0.1) is 0 Å². The van der Waals surface area contributed by atoms with Crippen LogP contribution >= 0.6 is 0 Å². The van der Waals surface area contributed by atoms with Crippen molar-refractivity contribution in [2.45, 2.75) is 19.3 Å². The quantitative estimate of drug-likeness (QED) is 0.596. The van der Waals surface area contributed by atoms with Crippen molar-refractivity contribution in [1.82, 2.24) is 0 Å². The number of phenolic OH excluding ortho intramolecular Hbond substituents is 2. The van der Waals surface area contributed by atoms with Gasteiger partial charge in [0.25, 0.3) is 0 Å². The van der Waals surface area contributed by atoms with E-state index in [-0.39, 0.29) is 11.5 Å². The summed E-state index contributed by atoms with van der Waals surface area (Å²) in [5.74, 6) is -0.159. The topological polar surface area (TPSA) is 52.8 Å². The molecule has 0 radical (unpaired) electrons. The van der Waals surface area contributed by atoms with Crippen molar-refractivity contribution in [3.63, 3.8) is 0 Å². The van der Waals surface area contributed by atoms with E-state index in [2.05, 4.69) is 4.99 Å². The second-order valence-corrected chi connectivity index (χ2v) is 3.17. The fourth-order valence-corrected chi connectivity index (χ4v) is 1.48. The summed E-state index contributed by atoms with van der Waals surface area (Å²) in [5, 5.41) is 18.5. The molecule has 1 aromatic rings. The zero-order valence-electron chi connectivity index (χ0n) is 7.20. The van der Waals surface area contributed by atoms with Gasteiger partial charge in [0.15, 0.2) is 11.5 Å². The van der Waals surface area contributed by atoms with Crippen LogP contribution in [-0.2, 0) is 6.42 Å². The van der Waals surface area contributed by atoms with Crippen molar-refractivity contribution in [1.29, 1.82) is 0 Å². The summed E-state index contributed by atoms with van der Waals surface area (Å²) in [5.41, 5.74) is 1.77. The standard InChI is InChI=1S/C10H11NO2/c12-9-5-7-3-1-2-4-11-8(7)6-10(9)13/h4-6,12-13H,1-3H2. The lowest BCUT2D eigenvalue weighted by molar-refractivity contribution is 0.403. The predicted octanol–water partition coefficient (Wildman–Crippen LogP) is 2.14. The maximum Gasteiger partial charge on any atom is 0.159 e. The smallest absolute Gasteiger partial charge is 0.159 e. The summed E-state index contributed by atoms with van der Waals surface area (Å²) in [6, 6.07) is 3.10. The number of aromatic hydroxyl groups is 2. The van der Waals surface area contributed by atoms with Gasteiger partial charge in [-0.3, -0.25) is 4.99 Å². The second kappa shape index (κ2) is 3.09. The average Bonchev–Trinajstić information content (AvgIpc) is 2.31. The molecule has 1 aliphatic rings. The number of hydrogen-bond donors (Lipinski definition) is 2. The highest BCUT2D eigenvalue weighted by Crippen LogP contribution is 2.34. The third-order valence-corrected chi connectivity index (χ3v) is 2.19. The van der Waals surface area contributed by atoms with Gasteiger partial charge in [-0.1, -0.05) is 0 Å². The molecule has 3 heteroatoms. The summed E-state index contributed by atoms with van der Waals surface area (Å²) in [6.07, 6.45) is 4.75. The number of fused-ring (bicyclic) bond motifs is 1. The minimum atomic E-state index is -0.0993. The Labute approximate surface area is 76.4 Å². The van der Waals surface area contributed by atoms with Gasteiger partial charge in [-0.15, -0.1) is 0 Å². The Morgan fingerprint density at radius 2 is 1.92 bits per heavy atom. The zero-order chi connectivity index (χ0) is 9.26. The Hall–Kier alpha value is -1.51. The van der Waals surface area contributed by atoms with Gasteiger partial charge in [0.2, 0.25) is 0 Å². The summed E-state index contributed by atoms with van der Waals surface area (Å²) in [6.45, 7) is 0. The van der Waals surface area contributed by atoms with E-state index >= 15 is 0 Å². The van der Waals surface area contributed by atoms with Crippen LogP contribution < -0.4 is 0 Å². The van der Waals surface area contributed by atoms with Crippen molar-refractivity contribution in [2.24, 2.45) is 4.99 Å². The SMILES string of the molecule is Oc1cc2c(cc1O)N=CCCC2. The minimum absolute atomic E-state index is 0.0594.